The van der Waals surface area contributed by atoms with E-state index < -0.39 is 0 Å². The van der Waals surface area contributed by atoms with E-state index in [1.807, 2.05) is 87.5 Å². The van der Waals surface area contributed by atoms with Gasteiger partial charge in [0.25, 0.3) is 0 Å². The molecule has 0 aliphatic rings. The summed E-state index contributed by atoms with van der Waals surface area (Å²) in [6.45, 7) is 35.1. The van der Waals surface area contributed by atoms with Gasteiger partial charge in [-0.05, 0) is 105 Å². The fraction of sp³-hybridized carbons (Fsp3) is 0.390. The molecule has 14 heteroatoms. The standard InChI is InChI=1S/C20H24ClN3O.C20H25N3O.C19H23N3O2/c1-19(2,3)12-9-14(20(4,5)6)18(25)17(10-12)24-22-15-8-7-13(21)11-16(15)23(22)24;1-19(2,3)13-11-14(20(4,5)6)18(24)17(12-13)23-21-15-9-7-8-10-16(15)22(21)23;1-5-10-24-13-11-14(19(2,3)4)18(23)17(12-13)22-20-15-8-6-7-9-16(15)21(20)22/h7-11,25H,1-6H3;7-12,24H,1-6H3;6-9,11-12,23H,5,10H2,1-4H3. The van der Waals surface area contributed by atoms with Crippen LogP contribution in [0.25, 0.3) is 50.2 Å². The quantitative estimate of drug-likeness (QED) is 0.154. The van der Waals surface area contributed by atoms with E-state index in [1.54, 1.807) is 0 Å². The number of benzene rings is 6. The second-order valence-corrected chi connectivity index (χ2v) is 25.4. The minimum absolute atomic E-state index is 0.00165. The van der Waals surface area contributed by atoms with E-state index in [0.717, 1.165) is 68.0 Å². The van der Waals surface area contributed by atoms with Gasteiger partial charge in [0, 0.05) is 27.8 Å². The number of ether oxygens (including phenoxy) is 1. The van der Waals surface area contributed by atoms with E-state index in [0.29, 0.717) is 28.9 Å². The first-order valence-electron chi connectivity index (χ1n) is 25.5. The van der Waals surface area contributed by atoms with Crippen molar-refractivity contribution in [3.8, 4) is 40.1 Å². The molecule has 3 N–H and O–H groups in total. The average molecular weight is 1010 g/mol. The minimum Gasteiger partial charge on any atom is -0.505 e. The van der Waals surface area contributed by atoms with E-state index in [4.69, 9.17) is 16.3 Å². The van der Waals surface area contributed by atoms with Crippen LogP contribution < -0.4 is 4.74 Å². The normalized spacial score (nSPS) is 13.3. The number of hydrogen-bond acceptors (Lipinski definition) is 4. The second-order valence-electron chi connectivity index (χ2n) is 24.9. The van der Waals surface area contributed by atoms with Crippen LogP contribution in [0.3, 0.4) is 0 Å². The average Bonchev–Trinajstić information content (AvgIpc) is 4.23. The summed E-state index contributed by atoms with van der Waals surface area (Å²) in [5, 5.41) is 33.6. The maximum atomic E-state index is 11.0. The number of fused-ring (bicyclic) bond motifs is 12. The maximum absolute atomic E-state index is 11.0. The molecule has 73 heavy (non-hydrogen) atoms. The molecule has 6 aromatic heterocycles. The van der Waals surface area contributed by atoms with E-state index >= 15 is 0 Å². The molecule has 0 amide bonds. The van der Waals surface area contributed by atoms with Crippen LogP contribution in [0.2, 0.25) is 5.02 Å². The van der Waals surface area contributed by atoms with Crippen molar-refractivity contribution in [1.82, 2.24) is 42.2 Å². The highest BCUT2D eigenvalue weighted by Gasteiger charge is 2.34. The number of phenols is 3. The van der Waals surface area contributed by atoms with E-state index in [1.165, 1.54) is 22.2 Å². The number of para-hydroxylation sites is 4. The summed E-state index contributed by atoms with van der Waals surface area (Å²) in [4.78, 5) is 6.03. The number of hydrogen-bond donors (Lipinski definition) is 3. The monoisotopic (exact) mass is 1010 g/mol. The molecular formula is C59H72ClN9O4. The van der Waals surface area contributed by atoms with Crippen molar-refractivity contribution >= 4 is 44.7 Å². The highest BCUT2D eigenvalue weighted by Crippen LogP contribution is 2.44. The molecule has 0 aliphatic carbocycles. The number of aromatic nitrogens is 9. The molecule has 0 atom stereocenters. The van der Waals surface area contributed by atoms with Gasteiger partial charge in [0.15, 0.2) is 0 Å². The highest BCUT2D eigenvalue weighted by molar-refractivity contribution is 6.31. The van der Waals surface area contributed by atoms with Gasteiger partial charge in [-0.3, -0.25) is 0 Å². The molecule has 0 aliphatic heterocycles. The lowest BCUT2D eigenvalue weighted by Gasteiger charge is -2.26. The number of aromatic hydroxyl groups is 3. The van der Waals surface area contributed by atoms with Gasteiger partial charge < -0.3 is 20.1 Å². The third-order valence-electron chi connectivity index (χ3n) is 14.0. The smallest absolute Gasteiger partial charge is 0.147 e. The molecule has 0 spiro atoms. The van der Waals surface area contributed by atoms with Crippen LogP contribution in [0.1, 0.15) is 145 Å². The Balaban J connectivity index is 0.000000126. The summed E-state index contributed by atoms with van der Waals surface area (Å²) in [5.74, 6) is 1.82. The fourth-order valence-electron chi connectivity index (χ4n) is 9.69. The van der Waals surface area contributed by atoms with E-state index in [-0.39, 0.29) is 27.1 Å². The van der Waals surface area contributed by atoms with Gasteiger partial charge in [-0.15, -0.1) is 42.2 Å². The van der Waals surface area contributed by atoms with Crippen LogP contribution >= 0.6 is 11.6 Å². The Morgan fingerprint density at radius 3 is 1.07 bits per heavy atom. The molecule has 0 saturated heterocycles. The van der Waals surface area contributed by atoms with Crippen molar-refractivity contribution in [1.29, 1.82) is 0 Å². The molecule has 12 aromatic rings. The lowest BCUT2D eigenvalue weighted by atomic mass is 9.80. The highest BCUT2D eigenvalue weighted by atomic mass is 35.5. The predicted molar refractivity (Wildman–Crippen MR) is 296 cm³/mol. The number of nitrogens with zero attached hydrogens (tertiary/aromatic N) is 9. The van der Waals surface area contributed by atoms with Gasteiger partial charge >= 0.3 is 0 Å². The number of rotatable bonds is 6. The largest absolute Gasteiger partial charge is 0.505 e. The van der Waals surface area contributed by atoms with Gasteiger partial charge in [0.05, 0.1) is 6.61 Å². The van der Waals surface area contributed by atoms with Gasteiger partial charge in [-0.1, -0.05) is 159 Å². The van der Waals surface area contributed by atoms with Gasteiger partial charge in [0.1, 0.15) is 73.2 Å². The Hall–Kier alpha value is -6.99. The zero-order valence-electron chi connectivity index (χ0n) is 45.4. The Morgan fingerprint density at radius 1 is 0.397 bits per heavy atom. The van der Waals surface area contributed by atoms with Crippen LogP contribution in [0.15, 0.2) is 103 Å². The molecule has 0 saturated carbocycles. The topological polar surface area (TPSA) is 111 Å². The predicted octanol–water partition coefficient (Wildman–Crippen LogP) is 14.3. The molecule has 6 aromatic carbocycles. The van der Waals surface area contributed by atoms with Crippen LogP contribution in [0.4, 0.5) is 0 Å². The molecule has 0 unspecified atom stereocenters. The first-order chi connectivity index (χ1) is 34.0. The second kappa shape index (κ2) is 16.5. The van der Waals surface area contributed by atoms with Crippen molar-refractivity contribution in [2.45, 2.75) is 144 Å². The molecule has 0 fully saturated rings. The first kappa shape index (κ1) is 49.6. The molecule has 0 bridgehead atoms. The third kappa shape index (κ3) is 8.33. The molecule has 0 radical (unpaired) electrons. The molecule has 12 rings (SSSR count). The Bertz CT molecular complexity index is 3840. The third-order valence-corrected chi connectivity index (χ3v) is 14.3. The maximum Gasteiger partial charge on any atom is 0.147 e. The van der Waals surface area contributed by atoms with Crippen molar-refractivity contribution in [2.24, 2.45) is 0 Å². The van der Waals surface area contributed by atoms with E-state index in [2.05, 4.69) is 169 Å². The number of halogens is 1. The Morgan fingerprint density at radius 2 is 0.726 bits per heavy atom. The zero-order valence-corrected chi connectivity index (χ0v) is 46.1. The summed E-state index contributed by atoms with van der Waals surface area (Å²) in [6, 6.07) is 34.7. The molecule has 384 valence electrons. The van der Waals surface area contributed by atoms with Crippen LogP contribution in [0.5, 0.6) is 23.0 Å². The van der Waals surface area contributed by atoms with Crippen LogP contribution in [0, 0.1) is 0 Å². The van der Waals surface area contributed by atoms with E-state index in [9.17, 15) is 15.3 Å². The molecule has 13 nitrogen and oxygen atoms in total. The molecule has 6 heterocycles. The minimum atomic E-state index is -0.170. The lowest BCUT2D eigenvalue weighted by Crippen LogP contribution is -2.17. The Labute approximate surface area is 432 Å². The Kier molecular flexibility index (Phi) is 11.2. The lowest BCUT2D eigenvalue weighted by molar-refractivity contribution is 0.315. The zero-order chi connectivity index (χ0) is 52.8. The van der Waals surface area contributed by atoms with Crippen molar-refractivity contribution < 1.29 is 20.1 Å². The fourth-order valence-corrected chi connectivity index (χ4v) is 9.85. The summed E-state index contributed by atoms with van der Waals surface area (Å²) in [6.07, 6.45) is 0.953. The van der Waals surface area contributed by atoms with Crippen molar-refractivity contribution in [3.63, 3.8) is 0 Å². The van der Waals surface area contributed by atoms with Gasteiger partial charge in [-0.25, -0.2) is 0 Å². The van der Waals surface area contributed by atoms with Crippen molar-refractivity contribution in [2.75, 3.05) is 6.61 Å². The SMILES string of the molecule is CC(C)(C)c1cc(-n2n3c4ccc(Cl)cc4n23)c(O)c(C(C)(C)C)c1.CC(C)(C)c1cc(-n2n3c4ccccc4n23)c(O)c(C(C)(C)C)c1.CCCOc1cc(-n2n3c4ccccc4n23)c(O)c(C(C)(C)C)c1. The summed E-state index contributed by atoms with van der Waals surface area (Å²) >= 11 is 6.12. The van der Waals surface area contributed by atoms with Crippen LogP contribution in [-0.2, 0) is 27.1 Å². The van der Waals surface area contributed by atoms with Crippen molar-refractivity contribution in [3.05, 3.63) is 136 Å². The van der Waals surface area contributed by atoms with Crippen LogP contribution in [-0.4, -0.2) is 64.1 Å². The van der Waals surface area contributed by atoms with Gasteiger partial charge in [-0.2, -0.15) is 0 Å². The summed E-state index contributed by atoms with van der Waals surface area (Å²) < 4.78 is 18.2. The summed E-state index contributed by atoms with van der Waals surface area (Å²) in [7, 11) is 0. The molecular weight excluding hydrogens is 934 g/mol. The van der Waals surface area contributed by atoms with Gasteiger partial charge in [0.2, 0.25) is 0 Å². The number of phenolic OH excluding ortho intramolecular Hbond substituents is 3. The summed E-state index contributed by atoms with van der Waals surface area (Å²) in [5.41, 5.74) is 14.1. The first-order valence-corrected chi connectivity index (χ1v) is 25.9.